The lowest BCUT2D eigenvalue weighted by atomic mass is 10.1. The molecule has 1 aliphatic rings. The summed E-state index contributed by atoms with van der Waals surface area (Å²) in [5, 5.41) is 5.51. The first-order valence-electron chi connectivity index (χ1n) is 10.7. The first kappa shape index (κ1) is 25.0. The summed E-state index contributed by atoms with van der Waals surface area (Å²) in [7, 11) is 0. The zero-order valence-electron chi connectivity index (χ0n) is 18.9. The van der Waals surface area contributed by atoms with E-state index in [1.807, 2.05) is 25.1 Å². The van der Waals surface area contributed by atoms with Crippen LogP contribution in [0.4, 0.5) is 16.2 Å². The van der Waals surface area contributed by atoms with Gasteiger partial charge in [-0.3, -0.25) is 19.7 Å². The molecule has 3 aromatic carbocycles. The molecule has 0 atom stereocenters. The molecule has 1 fully saturated rings. The third-order valence-corrected chi connectivity index (χ3v) is 5.78. The minimum absolute atomic E-state index is 0.169. The van der Waals surface area contributed by atoms with Crippen LogP contribution in [0.5, 0.6) is 5.75 Å². The van der Waals surface area contributed by atoms with Gasteiger partial charge in [-0.25, -0.2) is 9.69 Å². The number of urea groups is 1. The van der Waals surface area contributed by atoms with Crippen LogP contribution in [0, 0.1) is 6.92 Å². The lowest BCUT2D eigenvalue weighted by Gasteiger charge is -2.26. The Balaban J connectivity index is 1.48. The maximum atomic E-state index is 13.0. The van der Waals surface area contributed by atoms with Crippen molar-refractivity contribution in [3.8, 4) is 5.75 Å². The van der Waals surface area contributed by atoms with Gasteiger partial charge in [0, 0.05) is 10.7 Å². The molecular formula is C26H19Cl2N3O5. The van der Waals surface area contributed by atoms with E-state index in [2.05, 4.69) is 10.6 Å². The van der Waals surface area contributed by atoms with Gasteiger partial charge in [-0.1, -0.05) is 47.5 Å². The molecule has 1 heterocycles. The third kappa shape index (κ3) is 5.56. The normalized spacial score (nSPS) is 14.6. The van der Waals surface area contributed by atoms with E-state index in [1.165, 1.54) is 42.5 Å². The van der Waals surface area contributed by atoms with Crippen LogP contribution in [-0.2, 0) is 14.4 Å². The first-order valence-corrected chi connectivity index (χ1v) is 11.4. The van der Waals surface area contributed by atoms with E-state index in [0.717, 1.165) is 10.5 Å². The number of anilines is 2. The molecule has 0 aliphatic carbocycles. The second-order valence-corrected chi connectivity index (χ2v) is 8.62. The van der Waals surface area contributed by atoms with Crippen molar-refractivity contribution in [2.45, 2.75) is 6.92 Å². The van der Waals surface area contributed by atoms with Gasteiger partial charge in [-0.2, -0.15) is 0 Å². The van der Waals surface area contributed by atoms with Gasteiger partial charge in [0.2, 0.25) is 0 Å². The standard InChI is InChI=1S/C26H19Cl2N3O5/c1-15-4-2-3-5-21(15)29-23(32)14-36-22-11-6-16(13-20(22)28)12-19-24(33)30-26(35)31(25(19)34)18-9-7-17(27)8-10-18/h2-13H,14H2,1H3,(H,29,32)(H,30,33,35)/b19-12-. The van der Waals surface area contributed by atoms with Crippen LogP contribution in [0.3, 0.4) is 0 Å². The summed E-state index contributed by atoms with van der Waals surface area (Å²) in [4.78, 5) is 50.7. The largest absolute Gasteiger partial charge is 0.482 e. The summed E-state index contributed by atoms with van der Waals surface area (Å²) < 4.78 is 5.52. The summed E-state index contributed by atoms with van der Waals surface area (Å²) in [6, 6.07) is 17.1. The summed E-state index contributed by atoms with van der Waals surface area (Å²) in [6.07, 6.45) is 1.31. The lowest BCUT2D eigenvalue weighted by molar-refractivity contribution is -0.122. The number of hydrogen-bond donors (Lipinski definition) is 2. The Bertz CT molecular complexity index is 1400. The predicted octanol–water partition coefficient (Wildman–Crippen LogP) is 4.99. The Hall–Kier alpha value is -4.14. The van der Waals surface area contributed by atoms with Crippen molar-refractivity contribution in [1.82, 2.24) is 5.32 Å². The number of imide groups is 2. The third-order valence-electron chi connectivity index (χ3n) is 5.23. The SMILES string of the molecule is Cc1ccccc1NC(=O)COc1ccc(/C=C2/C(=O)NC(=O)N(c3ccc(Cl)cc3)C2=O)cc1Cl. The van der Waals surface area contributed by atoms with Crippen LogP contribution in [0.25, 0.3) is 6.08 Å². The number of nitrogens with one attached hydrogen (secondary N) is 2. The molecule has 5 amide bonds. The van der Waals surface area contributed by atoms with Gasteiger partial charge in [0.15, 0.2) is 6.61 Å². The highest BCUT2D eigenvalue weighted by Crippen LogP contribution is 2.28. The highest BCUT2D eigenvalue weighted by atomic mass is 35.5. The molecule has 1 aliphatic heterocycles. The number of hydrogen-bond acceptors (Lipinski definition) is 5. The smallest absolute Gasteiger partial charge is 0.335 e. The van der Waals surface area contributed by atoms with E-state index in [-0.39, 0.29) is 34.5 Å². The fraction of sp³-hybridized carbons (Fsp3) is 0.0769. The topological polar surface area (TPSA) is 105 Å². The Morgan fingerprint density at radius 1 is 1.03 bits per heavy atom. The fourth-order valence-electron chi connectivity index (χ4n) is 3.42. The quantitative estimate of drug-likeness (QED) is 0.350. The van der Waals surface area contributed by atoms with Gasteiger partial charge in [-0.05, 0) is 66.6 Å². The fourth-order valence-corrected chi connectivity index (χ4v) is 3.78. The van der Waals surface area contributed by atoms with E-state index < -0.39 is 17.8 Å². The Kier molecular flexibility index (Phi) is 7.38. The zero-order chi connectivity index (χ0) is 25.8. The number of rotatable bonds is 6. The van der Waals surface area contributed by atoms with E-state index in [0.29, 0.717) is 16.3 Å². The van der Waals surface area contributed by atoms with Gasteiger partial charge in [0.25, 0.3) is 17.7 Å². The first-order chi connectivity index (χ1) is 17.2. The minimum Gasteiger partial charge on any atom is -0.482 e. The number of halogens is 2. The number of carbonyl (C=O) groups excluding carboxylic acids is 4. The van der Waals surface area contributed by atoms with Crippen molar-refractivity contribution < 1.29 is 23.9 Å². The van der Waals surface area contributed by atoms with Crippen LogP contribution in [0.15, 0.2) is 72.3 Å². The van der Waals surface area contributed by atoms with E-state index in [1.54, 1.807) is 12.1 Å². The number of barbiturate groups is 1. The number of nitrogens with zero attached hydrogens (tertiary/aromatic N) is 1. The summed E-state index contributed by atoms with van der Waals surface area (Å²) >= 11 is 12.2. The molecule has 182 valence electrons. The average molecular weight is 524 g/mol. The molecule has 10 heteroatoms. The van der Waals surface area contributed by atoms with Crippen LogP contribution < -0.4 is 20.3 Å². The number of para-hydroxylation sites is 1. The van der Waals surface area contributed by atoms with Gasteiger partial charge in [-0.15, -0.1) is 0 Å². The maximum absolute atomic E-state index is 13.0. The molecule has 0 spiro atoms. The van der Waals surface area contributed by atoms with Crippen molar-refractivity contribution in [1.29, 1.82) is 0 Å². The lowest BCUT2D eigenvalue weighted by Crippen LogP contribution is -2.54. The maximum Gasteiger partial charge on any atom is 0.335 e. The zero-order valence-corrected chi connectivity index (χ0v) is 20.4. The number of benzene rings is 3. The number of aryl methyl sites for hydroxylation is 1. The van der Waals surface area contributed by atoms with E-state index in [9.17, 15) is 19.2 Å². The number of carbonyl (C=O) groups is 4. The Morgan fingerprint density at radius 3 is 2.44 bits per heavy atom. The predicted molar refractivity (Wildman–Crippen MR) is 137 cm³/mol. The average Bonchev–Trinajstić information content (AvgIpc) is 2.84. The second-order valence-electron chi connectivity index (χ2n) is 7.78. The molecule has 2 N–H and O–H groups in total. The van der Waals surface area contributed by atoms with Crippen LogP contribution in [0.1, 0.15) is 11.1 Å². The summed E-state index contributed by atoms with van der Waals surface area (Å²) in [6.45, 7) is 1.61. The van der Waals surface area contributed by atoms with Crippen LogP contribution >= 0.6 is 23.2 Å². The number of amides is 5. The van der Waals surface area contributed by atoms with Crippen LogP contribution in [0.2, 0.25) is 10.0 Å². The molecule has 8 nitrogen and oxygen atoms in total. The highest BCUT2D eigenvalue weighted by Gasteiger charge is 2.36. The Morgan fingerprint density at radius 2 is 1.75 bits per heavy atom. The molecule has 0 aromatic heterocycles. The van der Waals surface area contributed by atoms with Crippen molar-refractivity contribution >= 4 is 64.4 Å². The van der Waals surface area contributed by atoms with Crippen molar-refractivity contribution in [2.24, 2.45) is 0 Å². The molecule has 3 aromatic rings. The monoisotopic (exact) mass is 523 g/mol. The minimum atomic E-state index is -0.866. The molecule has 4 rings (SSSR count). The second kappa shape index (κ2) is 10.6. The van der Waals surface area contributed by atoms with Crippen molar-refractivity contribution in [3.05, 3.63) is 93.5 Å². The molecule has 36 heavy (non-hydrogen) atoms. The van der Waals surface area contributed by atoms with Gasteiger partial charge < -0.3 is 10.1 Å². The molecule has 1 saturated heterocycles. The van der Waals surface area contributed by atoms with Gasteiger partial charge in [0.1, 0.15) is 11.3 Å². The summed E-state index contributed by atoms with van der Waals surface area (Å²) in [5.74, 6) is -1.74. The highest BCUT2D eigenvalue weighted by molar-refractivity contribution is 6.39. The molecular weight excluding hydrogens is 505 g/mol. The van der Waals surface area contributed by atoms with Gasteiger partial charge >= 0.3 is 6.03 Å². The number of ether oxygens (including phenoxy) is 1. The van der Waals surface area contributed by atoms with Crippen molar-refractivity contribution in [2.75, 3.05) is 16.8 Å². The molecule has 0 saturated carbocycles. The van der Waals surface area contributed by atoms with Crippen molar-refractivity contribution in [3.63, 3.8) is 0 Å². The Labute approximate surface area is 216 Å². The van der Waals surface area contributed by atoms with E-state index >= 15 is 0 Å². The summed E-state index contributed by atoms with van der Waals surface area (Å²) in [5.41, 5.74) is 2.01. The van der Waals surface area contributed by atoms with Gasteiger partial charge in [0.05, 0.1) is 10.7 Å². The molecule has 0 bridgehead atoms. The van der Waals surface area contributed by atoms with Crippen LogP contribution in [-0.4, -0.2) is 30.4 Å². The molecule has 0 radical (unpaired) electrons. The molecule has 0 unspecified atom stereocenters. The van der Waals surface area contributed by atoms with E-state index in [4.69, 9.17) is 27.9 Å².